The summed E-state index contributed by atoms with van der Waals surface area (Å²) in [6.45, 7) is 0.491. The van der Waals surface area contributed by atoms with Crippen molar-refractivity contribution < 1.29 is 22.7 Å². The first-order valence-corrected chi connectivity index (χ1v) is 10.3. The Morgan fingerprint density at radius 3 is 2.46 bits per heavy atom. The summed E-state index contributed by atoms with van der Waals surface area (Å²) < 4.78 is 38.3. The summed E-state index contributed by atoms with van der Waals surface area (Å²) in [7, 11) is -2.47. The molecule has 0 aromatic heterocycles. The van der Waals surface area contributed by atoms with Crippen LogP contribution in [0.2, 0.25) is 0 Å². The molecule has 3 rings (SSSR count). The molecule has 138 valence electrons. The van der Waals surface area contributed by atoms with E-state index in [1.807, 2.05) is 12.1 Å². The number of nitrogens with one attached hydrogen (secondary N) is 1. The van der Waals surface area contributed by atoms with Crippen molar-refractivity contribution in [2.45, 2.75) is 4.90 Å². The predicted octanol–water partition coefficient (Wildman–Crippen LogP) is 2.32. The van der Waals surface area contributed by atoms with Crippen LogP contribution < -0.4 is 14.8 Å². The van der Waals surface area contributed by atoms with Crippen molar-refractivity contribution in [1.29, 1.82) is 0 Å². The lowest BCUT2D eigenvalue weighted by Gasteiger charge is -2.21. The van der Waals surface area contributed by atoms with E-state index in [1.165, 1.54) is 19.2 Å². The highest BCUT2D eigenvalue weighted by molar-refractivity contribution is 14.1. The van der Waals surface area contributed by atoms with Crippen LogP contribution in [0.25, 0.3) is 0 Å². The Morgan fingerprint density at radius 2 is 1.77 bits per heavy atom. The summed E-state index contributed by atoms with van der Waals surface area (Å²) in [4.78, 5) is 12.2. The van der Waals surface area contributed by atoms with Gasteiger partial charge in [0.25, 0.3) is 0 Å². The molecule has 0 aliphatic carbocycles. The van der Waals surface area contributed by atoms with Crippen LogP contribution in [-0.2, 0) is 14.8 Å². The lowest BCUT2D eigenvalue weighted by atomic mass is 10.3. The van der Waals surface area contributed by atoms with E-state index in [1.54, 1.807) is 18.2 Å². The number of benzene rings is 2. The van der Waals surface area contributed by atoms with Gasteiger partial charge in [-0.2, -0.15) is 4.31 Å². The number of halogens is 1. The number of likely N-dealkylation sites (N-methyl/N-ethyl adjacent to an activating group) is 1. The first kappa shape index (κ1) is 18.9. The maximum absolute atomic E-state index is 12.7. The molecule has 2 aromatic rings. The van der Waals surface area contributed by atoms with E-state index >= 15 is 0 Å². The number of amides is 1. The minimum absolute atomic E-state index is 0.0475. The van der Waals surface area contributed by atoms with Crippen LogP contribution in [0.4, 0.5) is 5.69 Å². The molecule has 1 aliphatic rings. The molecule has 1 N–H and O–H groups in total. The van der Waals surface area contributed by atoms with Crippen LogP contribution in [0.15, 0.2) is 47.4 Å². The van der Waals surface area contributed by atoms with E-state index in [0.29, 0.717) is 30.4 Å². The van der Waals surface area contributed by atoms with Gasteiger partial charge in [-0.05, 0) is 59.0 Å². The monoisotopic (exact) mass is 488 g/mol. The Balaban J connectivity index is 1.70. The molecule has 0 saturated carbocycles. The summed E-state index contributed by atoms with van der Waals surface area (Å²) >= 11 is 2.16. The largest absolute Gasteiger partial charge is 0.486 e. The van der Waals surface area contributed by atoms with Crippen molar-refractivity contribution in [3.05, 3.63) is 46.0 Å². The van der Waals surface area contributed by atoms with Crippen LogP contribution in [-0.4, -0.2) is 45.4 Å². The molecule has 0 unspecified atom stereocenters. The lowest BCUT2D eigenvalue weighted by molar-refractivity contribution is -0.116. The second kappa shape index (κ2) is 7.80. The highest BCUT2D eigenvalue weighted by Crippen LogP contribution is 2.32. The van der Waals surface area contributed by atoms with Gasteiger partial charge in [-0.25, -0.2) is 8.42 Å². The molecule has 7 nitrogen and oxygen atoms in total. The van der Waals surface area contributed by atoms with Gasteiger partial charge < -0.3 is 14.8 Å². The van der Waals surface area contributed by atoms with Crippen molar-refractivity contribution >= 4 is 44.2 Å². The van der Waals surface area contributed by atoms with Crippen LogP contribution in [0, 0.1) is 3.57 Å². The number of carbonyl (C=O) groups is 1. The summed E-state index contributed by atoms with van der Waals surface area (Å²) in [5.74, 6) is 0.471. The van der Waals surface area contributed by atoms with Gasteiger partial charge in [0.15, 0.2) is 11.5 Å². The number of carbonyl (C=O) groups excluding carboxylic acids is 1. The average Bonchev–Trinajstić information content (AvgIpc) is 2.63. The Kier molecular flexibility index (Phi) is 5.68. The molecule has 1 aliphatic heterocycles. The van der Waals surface area contributed by atoms with Crippen LogP contribution in [0.5, 0.6) is 11.5 Å². The van der Waals surface area contributed by atoms with Gasteiger partial charge in [0.05, 0.1) is 11.4 Å². The van der Waals surface area contributed by atoms with Gasteiger partial charge in [-0.15, -0.1) is 0 Å². The summed E-state index contributed by atoms with van der Waals surface area (Å²) in [5.41, 5.74) is 0.612. The molecule has 26 heavy (non-hydrogen) atoms. The van der Waals surface area contributed by atoms with E-state index in [2.05, 4.69) is 27.9 Å². The Bertz CT molecular complexity index is 915. The molecule has 1 amide bonds. The van der Waals surface area contributed by atoms with Gasteiger partial charge in [-0.1, -0.05) is 0 Å². The second-order valence-corrected chi connectivity index (χ2v) is 8.91. The van der Waals surface area contributed by atoms with Crippen molar-refractivity contribution in [1.82, 2.24) is 4.31 Å². The molecule has 0 atom stereocenters. The third-order valence-corrected chi connectivity index (χ3v) is 6.23. The third kappa shape index (κ3) is 4.27. The van der Waals surface area contributed by atoms with E-state index in [0.717, 1.165) is 7.88 Å². The first-order chi connectivity index (χ1) is 12.4. The number of nitrogens with zero attached hydrogens (tertiary/aromatic N) is 1. The minimum Gasteiger partial charge on any atom is -0.486 e. The SMILES string of the molecule is CN(CC(=O)Nc1ccc(I)cc1)S(=O)(=O)c1ccc2c(c1)OCCO2. The first-order valence-electron chi connectivity index (χ1n) is 7.78. The van der Waals surface area contributed by atoms with Crippen molar-refractivity contribution in [3.63, 3.8) is 0 Å². The number of hydrogen-bond acceptors (Lipinski definition) is 5. The molecule has 9 heteroatoms. The van der Waals surface area contributed by atoms with E-state index in [9.17, 15) is 13.2 Å². The molecule has 0 saturated heterocycles. The lowest BCUT2D eigenvalue weighted by Crippen LogP contribution is -2.35. The van der Waals surface area contributed by atoms with E-state index in [-0.39, 0.29) is 11.4 Å². The fourth-order valence-corrected chi connectivity index (χ4v) is 3.89. The highest BCUT2D eigenvalue weighted by Gasteiger charge is 2.25. The fourth-order valence-electron chi connectivity index (χ4n) is 2.39. The quantitative estimate of drug-likeness (QED) is 0.654. The Hall–Kier alpha value is -1.85. The Labute approximate surface area is 165 Å². The van der Waals surface area contributed by atoms with Crippen molar-refractivity contribution in [3.8, 4) is 11.5 Å². The van der Waals surface area contributed by atoms with Crippen molar-refractivity contribution in [2.75, 3.05) is 32.1 Å². The highest BCUT2D eigenvalue weighted by atomic mass is 127. The van der Waals surface area contributed by atoms with Gasteiger partial charge in [-0.3, -0.25) is 4.79 Å². The van der Waals surface area contributed by atoms with Gasteiger partial charge in [0.2, 0.25) is 15.9 Å². The summed E-state index contributed by atoms with van der Waals surface area (Å²) in [6.07, 6.45) is 0. The van der Waals surface area contributed by atoms with Gasteiger partial charge >= 0.3 is 0 Å². The number of anilines is 1. The molecular formula is C17H17IN2O5S. The van der Waals surface area contributed by atoms with Gasteiger partial charge in [0.1, 0.15) is 13.2 Å². The third-order valence-electron chi connectivity index (χ3n) is 3.72. The predicted molar refractivity (Wildman–Crippen MR) is 105 cm³/mol. The number of rotatable bonds is 5. The van der Waals surface area contributed by atoms with Crippen LogP contribution >= 0.6 is 22.6 Å². The number of ether oxygens (including phenoxy) is 2. The van der Waals surface area contributed by atoms with E-state index in [4.69, 9.17) is 9.47 Å². The van der Waals surface area contributed by atoms with Crippen molar-refractivity contribution in [2.24, 2.45) is 0 Å². The average molecular weight is 488 g/mol. The zero-order valence-electron chi connectivity index (χ0n) is 13.9. The van der Waals surface area contributed by atoms with Gasteiger partial charge in [0, 0.05) is 22.4 Å². The zero-order chi connectivity index (χ0) is 18.7. The molecule has 0 radical (unpaired) electrons. The number of hydrogen-bond donors (Lipinski definition) is 1. The molecule has 0 bridgehead atoms. The smallest absolute Gasteiger partial charge is 0.243 e. The normalized spacial score (nSPS) is 13.5. The molecule has 1 heterocycles. The fraction of sp³-hybridized carbons (Fsp3) is 0.235. The second-order valence-electron chi connectivity index (χ2n) is 5.62. The molecule has 2 aromatic carbocycles. The maximum atomic E-state index is 12.7. The molecule has 0 fully saturated rings. The zero-order valence-corrected chi connectivity index (χ0v) is 16.9. The Morgan fingerprint density at radius 1 is 1.12 bits per heavy atom. The van der Waals surface area contributed by atoms with Crippen LogP contribution in [0.1, 0.15) is 0 Å². The maximum Gasteiger partial charge on any atom is 0.243 e. The minimum atomic E-state index is -3.83. The summed E-state index contributed by atoms with van der Waals surface area (Å²) in [5, 5.41) is 2.68. The molecule has 0 spiro atoms. The summed E-state index contributed by atoms with van der Waals surface area (Å²) in [6, 6.07) is 11.6. The number of fused-ring (bicyclic) bond motifs is 1. The number of sulfonamides is 1. The van der Waals surface area contributed by atoms with Crippen LogP contribution in [0.3, 0.4) is 0 Å². The molecular weight excluding hydrogens is 471 g/mol. The topological polar surface area (TPSA) is 84.9 Å². The van der Waals surface area contributed by atoms with E-state index < -0.39 is 15.9 Å². The standard InChI is InChI=1S/C17H17IN2O5S/c1-20(11-17(21)19-13-4-2-12(18)3-5-13)26(22,23)14-6-7-15-16(10-14)25-9-8-24-15/h2-7,10H,8-9,11H2,1H3,(H,19,21).